The molecule has 1 aliphatic carbocycles. The summed E-state index contributed by atoms with van der Waals surface area (Å²) in [4.78, 5) is 5.82. The van der Waals surface area contributed by atoms with E-state index in [0.29, 0.717) is 12.4 Å². The summed E-state index contributed by atoms with van der Waals surface area (Å²) in [6.07, 6.45) is 6.10. The average molecular weight is 326 g/mol. The molecule has 1 aliphatic rings. The van der Waals surface area contributed by atoms with Gasteiger partial charge in [0.15, 0.2) is 11.5 Å². The zero-order valence-corrected chi connectivity index (χ0v) is 13.8. The first-order chi connectivity index (χ1) is 11.2. The molecule has 0 atom stereocenters. The SMILES string of the molecule is CCOc1cc(/C=N/c2sc3c(c2C#N)CCCC3)ccc1O. The molecule has 0 amide bonds. The summed E-state index contributed by atoms with van der Waals surface area (Å²) in [6.45, 7) is 2.36. The molecule has 0 unspecified atom stereocenters. The van der Waals surface area contributed by atoms with Gasteiger partial charge in [0.25, 0.3) is 0 Å². The molecule has 0 bridgehead atoms. The summed E-state index contributed by atoms with van der Waals surface area (Å²) >= 11 is 1.62. The molecule has 0 saturated carbocycles. The maximum atomic E-state index is 9.73. The lowest BCUT2D eigenvalue weighted by Gasteiger charge is -2.09. The number of hydrogen-bond acceptors (Lipinski definition) is 5. The van der Waals surface area contributed by atoms with Gasteiger partial charge >= 0.3 is 0 Å². The number of fused-ring (bicyclic) bond motifs is 1. The van der Waals surface area contributed by atoms with Gasteiger partial charge < -0.3 is 9.84 Å². The number of benzene rings is 1. The first kappa shape index (κ1) is 15.6. The van der Waals surface area contributed by atoms with Crippen LogP contribution in [0.5, 0.6) is 11.5 Å². The Morgan fingerprint density at radius 1 is 1.39 bits per heavy atom. The van der Waals surface area contributed by atoms with Gasteiger partial charge in [0.05, 0.1) is 12.2 Å². The smallest absolute Gasteiger partial charge is 0.161 e. The van der Waals surface area contributed by atoms with Crippen molar-refractivity contribution in [2.45, 2.75) is 32.6 Å². The molecule has 1 aromatic carbocycles. The fourth-order valence-electron chi connectivity index (χ4n) is 2.77. The van der Waals surface area contributed by atoms with E-state index in [1.165, 1.54) is 16.9 Å². The van der Waals surface area contributed by atoms with Crippen LogP contribution in [0.1, 0.15) is 41.3 Å². The zero-order valence-electron chi connectivity index (χ0n) is 13.0. The molecule has 23 heavy (non-hydrogen) atoms. The van der Waals surface area contributed by atoms with Crippen molar-refractivity contribution in [3.8, 4) is 17.6 Å². The third-order valence-electron chi connectivity index (χ3n) is 3.88. The van der Waals surface area contributed by atoms with Crippen LogP contribution in [-0.2, 0) is 12.8 Å². The van der Waals surface area contributed by atoms with E-state index in [-0.39, 0.29) is 5.75 Å². The quantitative estimate of drug-likeness (QED) is 0.849. The fraction of sp³-hybridized carbons (Fsp3) is 0.333. The highest BCUT2D eigenvalue weighted by Crippen LogP contribution is 2.39. The number of ether oxygens (including phenoxy) is 1. The summed E-state index contributed by atoms with van der Waals surface area (Å²) in [6, 6.07) is 7.44. The van der Waals surface area contributed by atoms with E-state index in [2.05, 4.69) is 11.1 Å². The van der Waals surface area contributed by atoms with Crippen LogP contribution in [-0.4, -0.2) is 17.9 Å². The lowest BCUT2D eigenvalue weighted by atomic mass is 9.96. The van der Waals surface area contributed by atoms with Crippen molar-refractivity contribution >= 4 is 22.6 Å². The topological polar surface area (TPSA) is 65.6 Å². The van der Waals surface area contributed by atoms with Crippen molar-refractivity contribution in [1.29, 1.82) is 5.26 Å². The molecule has 0 fully saturated rings. The lowest BCUT2D eigenvalue weighted by Crippen LogP contribution is -1.99. The number of nitrogens with zero attached hydrogens (tertiary/aromatic N) is 2. The second-order valence-corrected chi connectivity index (χ2v) is 6.50. The fourth-order valence-corrected chi connectivity index (χ4v) is 3.96. The van der Waals surface area contributed by atoms with Crippen LogP contribution < -0.4 is 4.74 Å². The van der Waals surface area contributed by atoms with Gasteiger partial charge in [0.2, 0.25) is 0 Å². The number of rotatable bonds is 4. The van der Waals surface area contributed by atoms with Crippen molar-refractivity contribution in [3.63, 3.8) is 0 Å². The molecule has 0 aliphatic heterocycles. The maximum absolute atomic E-state index is 9.73. The van der Waals surface area contributed by atoms with E-state index in [4.69, 9.17) is 4.74 Å². The summed E-state index contributed by atoms with van der Waals surface area (Å²) in [7, 11) is 0. The van der Waals surface area contributed by atoms with Crippen molar-refractivity contribution < 1.29 is 9.84 Å². The predicted octanol–water partition coefficient (Wildman–Crippen LogP) is 4.35. The Bertz CT molecular complexity index is 787. The molecule has 5 heteroatoms. The number of phenols is 1. The van der Waals surface area contributed by atoms with Crippen molar-refractivity contribution in [2.75, 3.05) is 6.61 Å². The van der Waals surface area contributed by atoms with Gasteiger partial charge in [-0.15, -0.1) is 11.3 Å². The van der Waals surface area contributed by atoms with Gasteiger partial charge in [-0.3, -0.25) is 0 Å². The number of hydrogen-bond donors (Lipinski definition) is 1. The van der Waals surface area contributed by atoms with Crippen molar-refractivity contribution in [1.82, 2.24) is 0 Å². The largest absolute Gasteiger partial charge is 0.504 e. The number of phenolic OH excluding ortho intramolecular Hbond substituents is 1. The maximum Gasteiger partial charge on any atom is 0.161 e. The highest BCUT2D eigenvalue weighted by Gasteiger charge is 2.20. The van der Waals surface area contributed by atoms with E-state index in [9.17, 15) is 10.4 Å². The monoisotopic (exact) mass is 326 g/mol. The molecule has 1 heterocycles. The first-order valence-corrected chi connectivity index (χ1v) is 8.59. The van der Waals surface area contributed by atoms with Crippen LogP contribution in [0.25, 0.3) is 0 Å². The number of nitriles is 1. The van der Waals surface area contributed by atoms with Crippen LogP contribution in [0.15, 0.2) is 23.2 Å². The van der Waals surface area contributed by atoms with Gasteiger partial charge in [-0.2, -0.15) is 5.26 Å². The number of thiophene rings is 1. The Balaban J connectivity index is 1.90. The molecule has 2 aromatic rings. The molecule has 0 saturated heterocycles. The molecule has 4 nitrogen and oxygen atoms in total. The minimum Gasteiger partial charge on any atom is -0.504 e. The number of aromatic hydroxyl groups is 1. The normalized spacial score (nSPS) is 13.7. The van der Waals surface area contributed by atoms with E-state index in [1.807, 2.05) is 6.92 Å². The van der Waals surface area contributed by atoms with E-state index < -0.39 is 0 Å². The Morgan fingerprint density at radius 2 is 2.22 bits per heavy atom. The lowest BCUT2D eigenvalue weighted by molar-refractivity contribution is 0.318. The van der Waals surface area contributed by atoms with Crippen LogP contribution in [0.4, 0.5) is 5.00 Å². The summed E-state index contributed by atoms with van der Waals surface area (Å²) in [5, 5.41) is 20.0. The molecule has 3 rings (SSSR count). The molecular formula is C18H18N2O2S. The second kappa shape index (κ2) is 6.84. The van der Waals surface area contributed by atoms with Crippen molar-refractivity contribution in [3.05, 3.63) is 39.8 Å². The van der Waals surface area contributed by atoms with Gasteiger partial charge in [0.1, 0.15) is 11.1 Å². The molecule has 118 valence electrons. The second-order valence-electron chi connectivity index (χ2n) is 5.42. The van der Waals surface area contributed by atoms with E-state index in [0.717, 1.165) is 35.4 Å². The van der Waals surface area contributed by atoms with Gasteiger partial charge in [-0.25, -0.2) is 4.99 Å². The number of aryl methyl sites for hydroxylation is 1. The Hall–Kier alpha value is -2.32. The molecule has 0 radical (unpaired) electrons. The molecule has 1 N–H and O–H groups in total. The molecular weight excluding hydrogens is 308 g/mol. The first-order valence-electron chi connectivity index (χ1n) is 7.77. The minimum atomic E-state index is 0.119. The van der Waals surface area contributed by atoms with Gasteiger partial charge in [0, 0.05) is 11.1 Å². The highest BCUT2D eigenvalue weighted by atomic mass is 32.1. The summed E-state index contributed by atoms with van der Waals surface area (Å²) in [5.74, 6) is 0.565. The Labute approximate surface area is 139 Å². The summed E-state index contributed by atoms with van der Waals surface area (Å²) < 4.78 is 5.38. The standard InChI is InChI=1S/C18H18N2O2S/c1-2-22-16-9-12(7-8-15(16)21)11-20-18-14(10-19)13-5-3-4-6-17(13)23-18/h7-9,11,21H,2-6H2,1H3/b20-11+. The summed E-state index contributed by atoms with van der Waals surface area (Å²) in [5.41, 5.74) is 2.75. The Kier molecular flexibility index (Phi) is 4.63. The predicted molar refractivity (Wildman–Crippen MR) is 92.2 cm³/mol. The molecule has 0 spiro atoms. The number of aliphatic imine (C=N–C) groups is 1. The highest BCUT2D eigenvalue weighted by molar-refractivity contribution is 7.16. The van der Waals surface area contributed by atoms with Crippen LogP contribution >= 0.6 is 11.3 Å². The third-order valence-corrected chi connectivity index (χ3v) is 5.08. The zero-order chi connectivity index (χ0) is 16.2. The van der Waals surface area contributed by atoms with Gasteiger partial charge in [-0.1, -0.05) is 0 Å². The van der Waals surface area contributed by atoms with Crippen molar-refractivity contribution in [2.24, 2.45) is 4.99 Å². The van der Waals surface area contributed by atoms with E-state index >= 15 is 0 Å². The third kappa shape index (κ3) is 3.22. The van der Waals surface area contributed by atoms with Crippen LogP contribution in [0, 0.1) is 11.3 Å². The van der Waals surface area contributed by atoms with E-state index in [1.54, 1.807) is 35.8 Å². The van der Waals surface area contributed by atoms with Gasteiger partial charge in [-0.05, 0) is 61.9 Å². The van der Waals surface area contributed by atoms with Crippen LogP contribution in [0.3, 0.4) is 0 Å². The van der Waals surface area contributed by atoms with Crippen LogP contribution in [0.2, 0.25) is 0 Å². The average Bonchev–Trinajstić information content (AvgIpc) is 2.93. The Morgan fingerprint density at radius 3 is 3.00 bits per heavy atom. The minimum absolute atomic E-state index is 0.119. The molecule has 1 aromatic heterocycles.